The lowest BCUT2D eigenvalue weighted by Crippen LogP contribution is -2.26. The lowest BCUT2D eigenvalue weighted by atomic mass is 10.1. The van der Waals surface area contributed by atoms with E-state index in [-0.39, 0.29) is 16.7 Å². The molecule has 184 valence electrons. The Hall–Kier alpha value is -3.69. The van der Waals surface area contributed by atoms with Crippen LogP contribution in [0.3, 0.4) is 0 Å². The molecule has 36 heavy (non-hydrogen) atoms. The first-order valence-corrected chi connectivity index (χ1v) is 13.2. The second-order valence-corrected chi connectivity index (χ2v) is 11.5. The summed E-state index contributed by atoms with van der Waals surface area (Å²) >= 11 is 6.29. The zero-order valence-electron chi connectivity index (χ0n) is 19.8. The molecule has 0 saturated carbocycles. The summed E-state index contributed by atoms with van der Waals surface area (Å²) in [6.45, 7) is 5.39. The van der Waals surface area contributed by atoms with Crippen molar-refractivity contribution in [3.8, 4) is 11.3 Å². The summed E-state index contributed by atoms with van der Waals surface area (Å²) in [5.41, 5.74) is 1.77. The molecule has 3 aromatic heterocycles. The van der Waals surface area contributed by atoms with E-state index in [1.807, 2.05) is 24.3 Å². The van der Waals surface area contributed by atoms with E-state index in [1.165, 1.54) is 10.8 Å². The molecule has 0 atom stereocenters. The molecule has 0 radical (unpaired) electrons. The standard InChI is InChI=1S/C26H23ClN4O4S/c1-26(2,3)35-25(32)30-15-20(18-11-7-8-12-21(18)30)22-19-13-14-31(23(19)29-24(27)28-22)36(33,34)16-17-9-5-4-6-10-17/h4-15H,16H2,1-3H3. The lowest BCUT2D eigenvalue weighted by Gasteiger charge is -2.19. The van der Waals surface area contributed by atoms with Crippen LogP contribution < -0.4 is 0 Å². The first-order chi connectivity index (χ1) is 17.0. The van der Waals surface area contributed by atoms with Gasteiger partial charge >= 0.3 is 6.09 Å². The summed E-state index contributed by atoms with van der Waals surface area (Å²) in [7, 11) is -3.79. The van der Waals surface area contributed by atoms with Crippen LogP contribution in [-0.4, -0.2) is 38.6 Å². The van der Waals surface area contributed by atoms with E-state index >= 15 is 0 Å². The SMILES string of the molecule is CC(C)(C)OC(=O)n1cc(-c2nc(Cl)nc3c2ccn3S(=O)(=O)Cc2ccccc2)c2ccccc21. The predicted octanol–water partition coefficient (Wildman–Crippen LogP) is 5.87. The van der Waals surface area contributed by atoms with Crippen molar-refractivity contribution in [3.05, 3.63) is 83.9 Å². The molecule has 5 rings (SSSR count). The van der Waals surface area contributed by atoms with Gasteiger partial charge in [-0.1, -0.05) is 48.5 Å². The summed E-state index contributed by atoms with van der Waals surface area (Å²) < 4.78 is 34.7. The van der Waals surface area contributed by atoms with Crippen molar-refractivity contribution in [1.29, 1.82) is 0 Å². The number of hydrogen-bond donors (Lipinski definition) is 0. The maximum absolute atomic E-state index is 13.3. The number of ether oxygens (including phenoxy) is 1. The number of para-hydroxylation sites is 1. The summed E-state index contributed by atoms with van der Waals surface area (Å²) in [6.07, 6.45) is 2.54. The van der Waals surface area contributed by atoms with Crippen LogP contribution >= 0.6 is 11.6 Å². The number of rotatable bonds is 4. The molecule has 5 aromatic rings. The van der Waals surface area contributed by atoms with Gasteiger partial charge in [0.25, 0.3) is 0 Å². The van der Waals surface area contributed by atoms with Gasteiger partial charge in [0, 0.05) is 28.7 Å². The highest BCUT2D eigenvalue weighted by Crippen LogP contribution is 2.35. The molecule has 0 bridgehead atoms. The van der Waals surface area contributed by atoms with Crippen molar-refractivity contribution in [2.75, 3.05) is 0 Å². The van der Waals surface area contributed by atoms with Crippen molar-refractivity contribution in [2.24, 2.45) is 0 Å². The molecular weight excluding hydrogens is 500 g/mol. The zero-order chi connectivity index (χ0) is 25.7. The number of aromatic nitrogens is 4. The Bertz CT molecular complexity index is 1720. The second kappa shape index (κ2) is 8.76. The second-order valence-electron chi connectivity index (χ2n) is 9.34. The van der Waals surface area contributed by atoms with Gasteiger partial charge in [-0.05, 0) is 50.1 Å². The number of halogens is 1. The van der Waals surface area contributed by atoms with E-state index in [0.717, 1.165) is 9.36 Å². The van der Waals surface area contributed by atoms with E-state index in [1.54, 1.807) is 63.4 Å². The number of benzene rings is 2. The van der Waals surface area contributed by atoms with Crippen LogP contribution in [-0.2, 0) is 20.5 Å². The Morgan fingerprint density at radius 3 is 2.39 bits per heavy atom. The third kappa shape index (κ3) is 4.47. The Labute approximate surface area is 213 Å². The predicted molar refractivity (Wildman–Crippen MR) is 140 cm³/mol. The minimum atomic E-state index is -3.79. The van der Waals surface area contributed by atoms with Crippen molar-refractivity contribution in [1.82, 2.24) is 18.5 Å². The normalized spacial score (nSPS) is 12.3. The molecule has 0 N–H and O–H groups in total. The molecule has 0 unspecified atom stereocenters. The first-order valence-electron chi connectivity index (χ1n) is 11.2. The quantitative estimate of drug-likeness (QED) is 0.274. The van der Waals surface area contributed by atoms with Crippen LogP contribution in [0.5, 0.6) is 0 Å². The highest BCUT2D eigenvalue weighted by Gasteiger charge is 2.25. The topological polar surface area (TPSA) is 96.1 Å². The number of fused-ring (bicyclic) bond motifs is 2. The third-order valence-electron chi connectivity index (χ3n) is 5.53. The molecule has 3 heterocycles. The highest BCUT2D eigenvalue weighted by molar-refractivity contribution is 7.89. The summed E-state index contributed by atoms with van der Waals surface area (Å²) in [5, 5.41) is 1.11. The number of hydrogen-bond acceptors (Lipinski definition) is 6. The van der Waals surface area contributed by atoms with Gasteiger partial charge in [-0.2, -0.15) is 4.98 Å². The van der Waals surface area contributed by atoms with Crippen LogP contribution in [0.2, 0.25) is 5.28 Å². The Morgan fingerprint density at radius 1 is 0.972 bits per heavy atom. The van der Waals surface area contributed by atoms with E-state index in [2.05, 4.69) is 9.97 Å². The molecule has 0 amide bonds. The highest BCUT2D eigenvalue weighted by atomic mass is 35.5. The molecule has 2 aromatic carbocycles. The lowest BCUT2D eigenvalue weighted by molar-refractivity contribution is 0.0544. The van der Waals surface area contributed by atoms with Gasteiger partial charge in [0.1, 0.15) is 5.60 Å². The summed E-state index contributed by atoms with van der Waals surface area (Å²) in [4.78, 5) is 21.6. The van der Waals surface area contributed by atoms with Crippen LogP contribution in [0.4, 0.5) is 4.79 Å². The van der Waals surface area contributed by atoms with E-state index < -0.39 is 21.7 Å². The average Bonchev–Trinajstić information content (AvgIpc) is 3.40. The first kappa shape index (κ1) is 24.0. The third-order valence-corrected chi connectivity index (χ3v) is 7.29. The number of carbonyl (C=O) groups is 1. The van der Waals surface area contributed by atoms with Crippen molar-refractivity contribution < 1.29 is 17.9 Å². The Kier molecular flexibility index (Phi) is 5.84. The van der Waals surface area contributed by atoms with Gasteiger partial charge in [0.15, 0.2) is 5.65 Å². The molecule has 0 aliphatic carbocycles. The zero-order valence-corrected chi connectivity index (χ0v) is 21.4. The molecule has 0 aliphatic heterocycles. The van der Waals surface area contributed by atoms with Crippen molar-refractivity contribution >= 4 is 49.7 Å². The number of carbonyl (C=O) groups excluding carboxylic acids is 1. The van der Waals surface area contributed by atoms with Crippen LogP contribution in [0.25, 0.3) is 33.2 Å². The fraction of sp³-hybridized carbons (Fsp3) is 0.192. The molecular formula is C26H23ClN4O4S. The summed E-state index contributed by atoms with van der Waals surface area (Å²) in [5.74, 6) is -0.202. The van der Waals surface area contributed by atoms with E-state index in [4.69, 9.17) is 16.3 Å². The number of nitrogens with zero attached hydrogens (tertiary/aromatic N) is 4. The van der Waals surface area contributed by atoms with Gasteiger partial charge < -0.3 is 4.74 Å². The Balaban J connectivity index is 1.67. The van der Waals surface area contributed by atoms with E-state index in [0.29, 0.717) is 27.7 Å². The minimum absolute atomic E-state index is 0.110. The molecule has 10 heteroatoms. The van der Waals surface area contributed by atoms with Crippen LogP contribution in [0.1, 0.15) is 26.3 Å². The van der Waals surface area contributed by atoms with E-state index in [9.17, 15) is 13.2 Å². The van der Waals surface area contributed by atoms with Crippen LogP contribution in [0, 0.1) is 0 Å². The average molecular weight is 523 g/mol. The molecule has 0 spiro atoms. The maximum atomic E-state index is 13.3. The van der Waals surface area contributed by atoms with Gasteiger partial charge in [-0.3, -0.25) is 4.57 Å². The van der Waals surface area contributed by atoms with Gasteiger partial charge in [-0.25, -0.2) is 22.2 Å². The monoisotopic (exact) mass is 522 g/mol. The van der Waals surface area contributed by atoms with Crippen molar-refractivity contribution in [2.45, 2.75) is 32.1 Å². The minimum Gasteiger partial charge on any atom is -0.443 e. The molecule has 0 aliphatic rings. The fourth-order valence-corrected chi connectivity index (χ4v) is 5.65. The van der Waals surface area contributed by atoms with Gasteiger partial charge in [0.2, 0.25) is 15.3 Å². The Morgan fingerprint density at radius 2 is 1.67 bits per heavy atom. The maximum Gasteiger partial charge on any atom is 0.419 e. The van der Waals surface area contributed by atoms with Gasteiger partial charge in [0.05, 0.1) is 17.0 Å². The fourth-order valence-electron chi connectivity index (χ4n) is 4.08. The smallest absolute Gasteiger partial charge is 0.419 e. The molecule has 0 fully saturated rings. The van der Waals surface area contributed by atoms with Crippen molar-refractivity contribution in [3.63, 3.8) is 0 Å². The summed E-state index contributed by atoms with van der Waals surface area (Å²) in [6, 6.07) is 17.9. The van der Waals surface area contributed by atoms with Crippen LogP contribution in [0.15, 0.2) is 73.1 Å². The molecule has 0 saturated heterocycles. The molecule has 8 nitrogen and oxygen atoms in total. The van der Waals surface area contributed by atoms with Gasteiger partial charge in [-0.15, -0.1) is 0 Å². The largest absolute Gasteiger partial charge is 0.443 e.